The molecule has 0 aliphatic carbocycles. The lowest BCUT2D eigenvalue weighted by Crippen LogP contribution is -2.29. The molecule has 10 heteroatoms. The molecule has 2 N–H and O–H groups in total. The van der Waals surface area contributed by atoms with Crippen molar-refractivity contribution in [3.8, 4) is 0 Å². The van der Waals surface area contributed by atoms with E-state index < -0.39 is 10.0 Å². The Balaban J connectivity index is 1.44. The van der Waals surface area contributed by atoms with Crippen LogP contribution >= 0.6 is 22.9 Å². The van der Waals surface area contributed by atoms with Crippen LogP contribution in [0.5, 0.6) is 0 Å². The lowest BCUT2D eigenvalue weighted by molar-refractivity contribution is -0.116. The van der Waals surface area contributed by atoms with Crippen LogP contribution in [0.4, 0.5) is 5.13 Å². The molecule has 7 nitrogen and oxygen atoms in total. The summed E-state index contributed by atoms with van der Waals surface area (Å²) in [5, 5.41) is 5.55. The molecule has 0 saturated carbocycles. The van der Waals surface area contributed by atoms with E-state index in [-0.39, 0.29) is 23.8 Å². The molecule has 1 aromatic heterocycles. The van der Waals surface area contributed by atoms with Gasteiger partial charge >= 0.3 is 0 Å². The number of sulfonamides is 1. The summed E-state index contributed by atoms with van der Waals surface area (Å²) < 4.78 is 26.8. The third-order valence-electron chi connectivity index (χ3n) is 4.38. The Morgan fingerprint density at radius 3 is 2.79 bits per heavy atom. The van der Waals surface area contributed by atoms with Crippen molar-refractivity contribution in [1.82, 2.24) is 14.6 Å². The van der Waals surface area contributed by atoms with Crippen LogP contribution < -0.4 is 10.0 Å². The van der Waals surface area contributed by atoms with E-state index in [2.05, 4.69) is 19.9 Å². The first-order valence-electron chi connectivity index (χ1n) is 9.14. The van der Waals surface area contributed by atoms with Crippen LogP contribution in [0.15, 0.2) is 34.5 Å². The van der Waals surface area contributed by atoms with E-state index in [9.17, 15) is 13.2 Å². The van der Waals surface area contributed by atoms with E-state index in [1.807, 2.05) is 5.38 Å². The average Bonchev–Trinajstić information content (AvgIpc) is 3.09. The number of hydrogen-bond acceptors (Lipinski definition) is 6. The van der Waals surface area contributed by atoms with Crippen LogP contribution in [0.25, 0.3) is 0 Å². The van der Waals surface area contributed by atoms with Gasteiger partial charge in [0.2, 0.25) is 15.9 Å². The van der Waals surface area contributed by atoms with E-state index in [1.54, 1.807) is 12.1 Å². The van der Waals surface area contributed by atoms with Crippen LogP contribution in [-0.4, -0.2) is 43.8 Å². The van der Waals surface area contributed by atoms with Gasteiger partial charge in [-0.25, -0.2) is 18.1 Å². The zero-order valence-corrected chi connectivity index (χ0v) is 17.7. The van der Waals surface area contributed by atoms with Crippen molar-refractivity contribution < 1.29 is 13.2 Å². The number of anilines is 1. The molecule has 1 fully saturated rings. The molecule has 0 radical (unpaired) electrons. The van der Waals surface area contributed by atoms with Crippen LogP contribution in [0.1, 0.15) is 31.4 Å². The highest BCUT2D eigenvalue weighted by Gasteiger charge is 2.16. The number of piperidine rings is 1. The summed E-state index contributed by atoms with van der Waals surface area (Å²) in [4.78, 5) is 19.0. The fourth-order valence-electron chi connectivity index (χ4n) is 2.98. The smallest absolute Gasteiger partial charge is 0.240 e. The zero-order chi connectivity index (χ0) is 20.0. The maximum Gasteiger partial charge on any atom is 0.240 e. The Bertz CT molecular complexity index is 911. The fourth-order valence-corrected chi connectivity index (χ4v) is 5.03. The SMILES string of the molecule is O=C(CCNS(=O)(=O)c1cccc(Cl)c1)Nc1nc(CN2CCCCC2)cs1. The monoisotopic (exact) mass is 442 g/mol. The number of nitrogens with zero attached hydrogens (tertiary/aromatic N) is 2. The van der Waals surface area contributed by atoms with Crippen LogP contribution in [0.2, 0.25) is 5.02 Å². The topological polar surface area (TPSA) is 91.4 Å². The van der Waals surface area contributed by atoms with Crippen molar-refractivity contribution >= 4 is 44.0 Å². The highest BCUT2D eigenvalue weighted by Crippen LogP contribution is 2.19. The van der Waals surface area contributed by atoms with Gasteiger partial charge in [0.05, 0.1) is 10.6 Å². The summed E-state index contributed by atoms with van der Waals surface area (Å²) in [6.07, 6.45) is 3.74. The number of rotatable bonds is 8. The van der Waals surface area contributed by atoms with Gasteiger partial charge in [-0.2, -0.15) is 0 Å². The van der Waals surface area contributed by atoms with Gasteiger partial charge in [0.1, 0.15) is 0 Å². The summed E-state index contributed by atoms with van der Waals surface area (Å²) >= 11 is 7.20. The van der Waals surface area contributed by atoms with Gasteiger partial charge in [0, 0.05) is 29.9 Å². The highest BCUT2D eigenvalue weighted by atomic mass is 35.5. The molecule has 0 spiro atoms. The quantitative estimate of drug-likeness (QED) is 0.655. The van der Waals surface area contributed by atoms with E-state index >= 15 is 0 Å². The third-order valence-corrected chi connectivity index (χ3v) is 6.88. The van der Waals surface area contributed by atoms with Gasteiger partial charge < -0.3 is 5.32 Å². The maximum absolute atomic E-state index is 12.2. The normalized spacial score (nSPS) is 15.5. The molecule has 2 heterocycles. The summed E-state index contributed by atoms with van der Waals surface area (Å²) in [6.45, 7) is 2.97. The number of thiazole rings is 1. The molecule has 2 aromatic rings. The molecular formula is C18H23ClN4O3S2. The molecule has 3 rings (SSSR count). The molecule has 152 valence electrons. The summed E-state index contributed by atoms with van der Waals surface area (Å²) in [5.74, 6) is -0.285. The summed E-state index contributed by atoms with van der Waals surface area (Å²) in [5.41, 5.74) is 0.948. The Kier molecular flexibility index (Phi) is 7.42. The van der Waals surface area contributed by atoms with Gasteiger partial charge in [-0.05, 0) is 44.1 Å². The predicted octanol–water partition coefficient (Wildman–Crippen LogP) is 3.09. The van der Waals surface area contributed by atoms with Crippen molar-refractivity contribution in [2.75, 3.05) is 25.0 Å². The van der Waals surface area contributed by atoms with Crippen LogP contribution in [-0.2, 0) is 21.4 Å². The van der Waals surface area contributed by atoms with Gasteiger partial charge in [0.25, 0.3) is 0 Å². The number of hydrogen-bond donors (Lipinski definition) is 2. The largest absolute Gasteiger partial charge is 0.302 e. The fraction of sp³-hybridized carbons (Fsp3) is 0.444. The molecule has 0 atom stereocenters. The number of likely N-dealkylation sites (tertiary alicyclic amines) is 1. The molecule has 1 aliphatic heterocycles. The number of aromatic nitrogens is 1. The van der Waals surface area contributed by atoms with E-state index in [1.165, 1.54) is 42.7 Å². The summed E-state index contributed by atoms with van der Waals surface area (Å²) in [7, 11) is -3.70. The lowest BCUT2D eigenvalue weighted by Gasteiger charge is -2.25. The lowest BCUT2D eigenvalue weighted by atomic mass is 10.1. The van der Waals surface area contributed by atoms with Gasteiger partial charge in [0.15, 0.2) is 5.13 Å². The zero-order valence-electron chi connectivity index (χ0n) is 15.4. The third kappa shape index (κ3) is 6.25. The average molecular weight is 443 g/mol. The standard InChI is InChI=1S/C18H23ClN4O3S2/c19-14-5-4-6-16(11-14)28(25,26)20-8-7-17(24)22-18-21-15(13-27-18)12-23-9-2-1-3-10-23/h4-6,11,13,20H,1-3,7-10,12H2,(H,21,22,24). The minimum Gasteiger partial charge on any atom is -0.302 e. The Labute approximate surface area is 174 Å². The highest BCUT2D eigenvalue weighted by molar-refractivity contribution is 7.89. The summed E-state index contributed by atoms with van der Waals surface area (Å²) in [6, 6.07) is 5.98. The van der Waals surface area contributed by atoms with Crippen LogP contribution in [0, 0.1) is 0 Å². The number of carbonyl (C=O) groups is 1. The van der Waals surface area contributed by atoms with Crippen molar-refractivity contribution in [3.63, 3.8) is 0 Å². The van der Waals surface area contributed by atoms with Crippen LogP contribution in [0.3, 0.4) is 0 Å². The Morgan fingerprint density at radius 1 is 1.25 bits per heavy atom. The second-order valence-electron chi connectivity index (χ2n) is 6.63. The second-order valence-corrected chi connectivity index (χ2v) is 9.70. The van der Waals surface area contributed by atoms with Gasteiger partial charge in [-0.15, -0.1) is 11.3 Å². The number of halogens is 1. The van der Waals surface area contributed by atoms with E-state index in [0.29, 0.717) is 10.2 Å². The van der Waals surface area contributed by atoms with E-state index in [0.717, 1.165) is 25.3 Å². The first-order chi connectivity index (χ1) is 13.4. The molecule has 1 aliphatic rings. The number of amides is 1. The Hall–Kier alpha value is -1.52. The predicted molar refractivity (Wildman–Crippen MR) is 111 cm³/mol. The minimum absolute atomic E-state index is 0.00725. The molecule has 1 amide bonds. The maximum atomic E-state index is 12.2. The molecular weight excluding hydrogens is 420 g/mol. The first kappa shape index (κ1) is 21.2. The number of nitrogens with one attached hydrogen (secondary N) is 2. The number of benzene rings is 1. The molecule has 0 unspecified atom stereocenters. The minimum atomic E-state index is -3.70. The molecule has 0 bridgehead atoms. The first-order valence-corrected chi connectivity index (χ1v) is 11.9. The number of carbonyl (C=O) groups excluding carboxylic acids is 1. The van der Waals surface area contributed by atoms with Gasteiger partial charge in [-0.1, -0.05) is 24.1 Å². The van der Waals surface area contributed by atoms with Crippen molar-refractivity contribution in [3.05, 3.63) is 40.4 Å². The Morgan fingerprint density at radius 2 is 2.04 bits per heavy atom. The van der Waals surface area contributed by atoms with Gasteiger partial charge in [-0.3, -0.25) is 9.69 Å². The van der Waals surface area contributed by atoms with Crippen molar-refractivity contribution in [2.45, 2.75) is 37.1 Å². The molecule has 1 saturated heterocycles. The van der Waals surface area contributed by atoms with Crippen molar-refractivity contribution in [1.29, 1.82) is 0 Å². The van der Waals surface area contributed by atoms with Crippen molar-refractivity contribution in [2.24, 2.45) is 0 Å². The van der Waals surface area contributed by atoms with E-state index in [4.69, 9.17) is 11.6 Å². The molecule has 1 aromatic carbocycles. The molecule has 28 heavy (non-hydrogen) atoms. The second kappa shape index (κ2) is 9.80.